The van der Waals surface area contributed by atoms with Crippen molar-refractivity contribution in [3.05, 3.63) is 224 Å². The lowest BCUT2D eigenvalue weighted by Gasteiger charge is -2.11. The summed E-state index contributed by atoms with van der Waals surface area (Å²) in [7, 11) is 0. The number of rotatable bonds is 7. The second kappa shape index (κ2) is 14.7. The maximum Gasteiger partial charge on any atom is 0.164 e. The SMILES string of the molecule is c1ccc(-c2nc(-c3ccccc3)nc(-c3cccc(-c4cccc5c4c4c(-c6ccc7c(c6)c6ccccc6n7-c6ccccc6)cccc4n5-c4ccccc4)c3)n2)cc1. The molecule has 62 heavy (non-hydrogen) atoms. The number of aromatic nitrogens is 5. The van der Waals surface area contributed by atoms with Crippen molar-refractivity contribution in [2.75, 3.05) is 0 Å². The number of para-hydroxylation sites is 3. The highest BCUT2D eigenvalue weighted by Crippen LogP contribution is 2.44. The van der Waals surface area contributed by atoms with Gasteiger partial charge in [0.15, 0.2) is 17.5 Å². The Labute approximate surface area is 358 Å². The van der Waals surface area contributed by atoms with E-state index in [9.17, 15) is 0 Å². The first kappa shape index (κ1) is 35.5. The molecule has 0 fully saturated rings. The highest BCUT2D eigenvalue weighted by molar-refractivity contribution is 6.21. The molecule has 0 saturated heterocycles. The molecule has 0 N–H and O–H groups in total. The summed E-state index contributed by atoms with van der Waals surface area (Å²) in [6.45, 7) is 0. The first-order valence-corrected chi connectivity index (χ1v) is 21.0. The van der Waals surface area contributed by atoms with Gasteiger partial charge in [-0.05, 0) is 82.9 Å². The zero-order valence-electron chi connectivity index (χ0n) is 33.6. The van der Waals surface area contributed by atoms with Crippen LogP contribution >= 0.6 is 0 Å². The molecule has 3 aromatic heterocycles. The standard InChI is InChI=1S/C57H37N5/c1-5-18-38(19-6-1)55-58-56(39-20-7-2-8-21-39)60-57(59-55)42-23-15-22-40(36-42)45-29-16-32-51-53(45)54-46(30-17-33-52(54)62(51)44-26-11-4-12-27-44)41-34-35-50-48(37-41)47-28-13-14-31-49(47)61(50)43-24-9-3-10-25-43/h1-37H. The molecule has 0 aliphatic rings. The van der Waals surface area contributed by atoms with Crippen LogP contribution in [0.4, 0.5) is 0 Å². The van der Waals surface area contributed by atoms with Gasteiger partial charge >= 0.3 is 0 Å². The molecule has 0 unspecified atom stereocenters. The van der Waals surface area contributed by atoms with Gasteiger partial charge in [-0.3, -0.25) is 0 Å². The molecule has 0 atom stereocenters. The number of nitrogens with zero attached hydrogens (tertiary/aromatic N) is 5. The Balaban J connectivity index is 1.09. The molecule has 0 bridgehead atoms. The minimum Gasteiger partial charge on any atom is -0.309 e. The van der Waals surface area contributed by atoms with E-state index in [-0.39, 0.29) is 0 Å². The Morgan fingerprint density at radius 1 is 0.258 bits per heavy atom. The Hall–Kier alpha value is -8.41. The van der Waals surface area contributed by atoms with Crippen LogP contribution in [0.1, 0.15) is 0 Å². The van der Waals surface area contributed by atoms with E-state index in [1.165, 1.54) is 43.7 Å². The molecule has 0 saturated carbocycles. The molecule has 0 aliphatic heterocycles. The van der Waals surface area contributed by atoms with Crippen LogP contribution in [0.25, 0.3) is 111 Å². The van der Waals surface area contributed by atoms with E-state index >= 15 is 0 Å². The summed E-state index contributed by atoms with van der Waals surface area (Å²) in [5.74, 6) is 1.91. The number of hydrogen-bond acceptors (Lipinski definition) is 3. The van der Waals surface area contributed by atoms with Crippen LogP contribution in [0.5, 0.6) is 0 Å². The van der Waals surface area contributed by atoms with Crippen LogP contribution < -0.4 is 0 Å². The Kier molecular flexibility index (Phi) is 8.42. The van der Waals surface area contributed by atoms with Gasteiger partial charge in [0.1, 0.15) is 0 Å². The van der Waals surface area contributed by atoms with Gasteiger partial charge in [0, 0.05) is 49.6 Å². The van der Waals surface area contributed by atoms with Crippen LogP contribution in [0.15, 0.2) is 224 Å². The van der Waals surface area contributed by atoms with Crippen molar-refractivity contribution < 1.29 is 0 Å². The molecular formula is C57H37N5. The van der Waals surface area contributed by atoms with E-state index < -0.39 is 0 Å². The van der Waals surface area contributed by atoms with Crippen LogP contribution in [-0.4, -0.2) is 24.1 Å². The molecule has 0 aliphatic carbocycles. The second-order valence-corrected chi connectivity index (χ2v) is 15.6. The van der Waals surface area contributed by atoms with Crippen molar-refractivity contribution in [2.45, 2.75) is 0 Å². The van der Waals surface area contributed by atoms with Crippen LogP contribution in [0.2, 0.25) is 0 Å². The van der Waals surface area contributed by atoms with Gasteiger partial charge in [0.05, 0.1) is 22.1 Å². The van der Waals surface area contributed by atoms with E-state index in [1.54, 1.807) is 0 Å². The Morgan fingerprint density at radius 3 is 1.24 bits per heavy atom. The Morgan fingerprint density at radius 2 is 0.661 bits per heavy atom. The van der Waals surface area contributed by atoms with Gasteiger partial charge in [-0.15, -0.1) is 0 Å². The lowest BCUT2D eigenvalue weighted by Crippen LogP contribution is -2.00. The third-order valence-electron chi connectivity index (χ3n) is 12.0. The van der Waals surface area contributed by atoms with Gasteiger partial charge in [-0.2, -0.15) is 0 Å². The molecule has 0 amide bonds. The molecule has 5 heteroatoms. The second-order valence-electron chi connectivity index (χ2n) is 15.6. The van der Waals surface area contributed by atoms with Gasteiger partial charge in [-0.25, -0.2) is 15.0 Å². The molecule has 290 valence electrons. The predicted molar refractivity (Wildman–Crippen MR) is 256 cm³/mol. The number of hydrogen-bond donors (Lipinski definition) is 0. The zero-order valence-corrected chi connectivity index (χ0v) is 33.6. The summed E-state index contributed by atoms with van der Waals surface area (Å²) in [5, 5.41) is 4.85. The largest absolute Gasteiger partial charge is 0.309 e. The van der Waals surface area contributed by atoms with Crippen molar-refractivity contribution in [1.29, 1.82) is 0 Å². The van der Waals surface area contributed by atoms with Gasteiger partial charge in [-0.1, -0.05) is 164 Å². The third kappa shape index (κ3) is 5.90. The van der Waals surface area contributed by atoms with E-state index in [1.807, 2.05) is 60.7 Å². The lowest BCUT2D eigenvalue weighted by atomic mass is 9.93. The fourth-order valence-electron chi connectivity index (χ4n) is 9.20. The molecule has 0 spiro atoms. The molecule has 0 radical (unpaired) electrons. The molecular weight excluding hydrogens is 755 g/mol. The average Bonchev–Trinajstić information content (AvgIpc) is 3.88. The summed E-state index contributed by atoms with van der Waals surface area (Å²) >= 11 is 0. The van der Waals surface area contributed by atoms with Gasteiger partial charge in [0.2, 0.25) is 0 Å². The van der Waals surface area contributed by atoms with Crippen molar-refractivity contribution >= 4 is 43.6 Å². The third-order valence-corrected chi connectivity index (χ3v) is 12.0. The van der Waals surface area contributed by atoms with E-state index in [0.29, 0.717) is 17.5 Å². The van der Waals surface area contributed by atoms with E-state index in [0.717, 1.165) is 50.2 Å². The lowest BCUT2D eigenvalue weighted by molar-refractivity contribution is 1.07. The zero-order chi connectivity index (χ0) is 41.0. The summed E-state index contributed by atoms with van der Waals surface area (Å²) in [6, 6.07) is 79.4. The molecule has 12 aromatic rings. The average molecular weight is 792 g/mol. The fraction of sp³-hybridized carbons (Fsp3) is 0. The van der Waals surface area contributed by atoms with E-state index in [2.05, 4.69) is 173 Å². The normalized spacial score (nSPS) is 11.5. The van der Waals surface area contributed by atoms with Crippen LogP contribution in [0, 0.1) is 0 Å². The van der Waals surface area contributed by atoms with Crippen LogP contribution in [0.3, 0.4) is 0 Å². The van der Waals surface area contributed by atoms with Crippen LogP contribution in [-0.2, 0) is 0 Å². The molecule has 12 rings (SSSR count). The summed E-state index contributed by atoms with van der Waals surface area (Å²) in [5.41, 5.74) is 14.3. The van der Waals surface area contributed by atoms with Gasteiger partial charge < -0.3 is 9.13 Å². The summed E-state index contributed by atoms with van der Waals surface area (Å²) in [6.07, 6.45) is 0. The van der Waals surface area contributed by atoms with E-state index in [4.69, 9.17) is 15.0 Å². The number of fused-ring (bicyclic) bond motifs is 6. The van der Waals surface area contributed by atoms with Crippen molar-refractivity contribution in [2.24, 2.45) is 0 Å². The minimum absolute atomic E-state index is 0.627. The quantitative estimate of drug-likeness (QED) is 0.162. The maximum absolute atomic E-state index is 5.08. The molecule has 5 nitrogen and oxygen atoms in total. The van der Waals surface area contributed by atoms with Crippen molar-refractivity contribution in [3.8, 4) is 67.8 Å². The molecule has 9 aromatic carbocycles. The summed E-state index contributed by atoms with van der Waals surface area (Å²) < 4.78 is 4.78. The first-order valence-electron chi connectivity index (χ1n) is 21.0. The molecule has 3 heterocycles. The highest BCUT2D eigenvalue weighted by atomic mass is 15.0. The topological polar surface area (TPSA) is 48.5 Å². The maximum atomic E-state index is 5.08. The fourth-order valence-corrected chi connectivity index (χ4v) is 9.20. The Bertz CT molecular complexity index is 3550. The predicted octanol–water partition coefficient (Wildman–Crippen LogP) is 14.4. The van der Waals surface area contributed by atoms with Crippen molar-refractivity contribution in [1.82, 2.24) is 24.1 Å². The van der Waals surface area contributed by atoms with Crippen molar-refractivity contribution in [3.63, 3.8) is 0 Å². The smallest absolute Gasteiger partial charge is 0.164 e. The number of benzene rings is 9. The van der Waals surface area contributed by atoms with Gasteiger partial charge in [0.25, 0.3) is 0 Å². The monoisotopic (exact) mass is 791 g/mol. The highest BCUT2D eigenvalue weighted by Gasteiger charge is 2.21. The summed E-state index contributed by atoms with van der Waals surface area (Å²) in [4.78, 5) is 15.1. The minimum atomic E-state index is 0.627. The first-order chi connectivity index (χ1) is 30.8.